The molecule has 3 aromatic rings. The summed E-state index contributed by atoms with van der Waals surface area (Å²) < 4.78 is 19.7. The maximum atomic E-state index is 14.0. The maximum absolute atomic E-state index is 14.0. The number of nitrogens with zero attached hydrogens (tertiary/aromatic N) is 3. The molecule has 0 aliphatic carbocycles. The van der Waals surface area contributed by atoms with E-state index in [0.29, 0.717) is 11.4 Å². The SMILES string of the molecule is Cc1ccc(CN2CCC(CN(C)Cc3ccc4cccc(F)c4n3)CC2)o1. The van der Waals surface area contributed by atoms with Gasteiger partial charge in [-0.1, -0.05) is 18.2 Å². The van der Waals surface area contributed by atoms with E-state index in [1.54, 1.807) is 6.07 Å². The number of benzene rings is 1. The van der Waals surface area contributed by atoms with Crippen LogP contribution in [-0.2, 0) is 13.1 Å². The molecule has 1 saturated heterocycles. The van der Waals surface area contributed by atoms with Gasteiger partial charge in [-0.2, -0.15) is 0 Å². The van der Waals surface area contributed by atoms with E-state index in [1.807, 2.05) is 31.2 Å². The van der Waals surface area contributed by atoms with E-state index in [2.05, 4.69) is 27.9 Å². The van der Waals surface area contributed by atoms with Gasteiger partial charge >= 0.3 is 0 Å². The molecule has 1 aliphatic heterocycles. The van der Waals surface area contributed by atoms with E-state index in [-0.39, 0.29) is 5.82 Å². The van der Waals surface area contributed by atoms with Gasteiger partial charge in [0.25, 0.3) is 0 Å². The third-order valence-electron chi connectivity index (χ3n) is 5.61. The molecule has 28 heavy (non-hydrogen) atoms. The number of hydrogen-bond acceptors (Lipinski definition) is 4. The maximum Gasteiger partial charge on any atom is 0.149 e. The van der Waals surface area contributed by atoms with Crippen molar-refractivity contribution in [2.45, 2.75) is 32.9 Å². The molecule has 1 fully saturated rings. The number of piperidine rings is 1. The van der Waals surface area contributed by atoms with Crippen LogP contribution in [0.4, 0.5) is 4.39 Å². The fourth-order valence-electron chi connectivity index (χ4n) is 4.14. The average Bonchev–Trinajstić information content (AvgIpc) is 3.09. The van der Waals surface area contributed by atoms with E-state index >= 15 is 0 Å². The summed E-state index contributed by atoms with van der Waals surface area (Å²) in [6, 6.07) is 13.2. The van der Waals surface area contributed by atoms with Crippen LogP contribution in [0.25, 0.3) is 10.9 Å². The third kappa shape index (κ3) is 4.59. The Kier molecular flexibility index (Phi) is 5.74. The van der Waals surface area contributed by atoms with E-state index in [4.69, 9.17) is 4.42 Å². The van der Waals surface area contributed by atoms with E-state index in [9.17, 15) is 4.39 Å². The number of para-hydroxylation sites is 1. The zero-order chi connectivity index (χ0) is 19.5. The predicted octanol–water partition coefficient (Wildman–Crippen LogP) is 4.62. The van der Waals surface area contributed by atoms with Gasteiger partial charge in [-0.3, -0.25) is 4.90 Å². The molecule has 3 heterocycles. The zero-order valence-electron chi connectivity index (χ0n) is 16.7. The second-order valence-electron chi connectivity index (χ2n) is 8.04. The molecule has 0 unspecified atom stereocenters. The van der Waals surface area contributed by atoms with Gasteiger partial charge < -0.3 is 9.32 Å². The monoisotopic (exact) mass is 381 g/mol. The minimum Gasteiger partial charge on any atom is -0.465 e. The Hall–Kier alpha value is -2.24. The third-order valence-corrected chi connectivity index (χ3v) is 5.61. The Morgan fingerprint density at radius 3 is 2.71 bits per heavy atom. The van der Waals surface area contributed by atoms with Crippen molar-refractivity contribution in [1.29, 1.82) is 0 Å². The number of likely N-dealkylation sites (tertiary alicyclic amines) is 1. The molecule has 1 aromatic carbocycles. The molecular weight excluding hydrogens is 353 g/mol. The van der Waals surface area contributed by atoms with Crippen molar-refractivity contribution in [3.8, 4) is 0 Å². The van der Waals surface area contributed by atoms with Crippen molar-refractivity contribution < 1.29 is 8.81 Å². The topological polar surface area (TPSA) is 32.5 Å². The Morgan fingerprint density at radius 2 is 1.96 bits per heavy atom. The second kappa shape index (κ2) is 8.41. The molecule has 4 nitrogen and oxygen atoms in total. The molecule has 0 amide bonds. The van der Waals surface area contributed by atoms with Crippen LogP contribution in [0.3, 0.4) is 0 Å². The van der Waals surface area contributed by atoms with Gasteiger partial charge in [0.1, 0.15) is 22.9 Å². The normalized spacial score (nSPS) is 16.3. The molecular formula is C23H28FN3O. The Balaban J connectivity index is 1.27. The highest BCUT2D eigenvalue weighted by molar-refractivity contribution is 5.79. The number of halogens is 1. The number of fused-ring (bicyclic) bond motifs is 1. The van der Waals surface area contributed by atoms with E-state index in [1.165, 1.54) is 18.9 Å². The lowest BCUT2D eigenvalue weighted by molar-refractivity contribution is 0.139. The summed E-state index contributed by atoms with van der Waals surface area (Å²) >= 11 is 0. The lowest BCUT2D eigenvalue weighted by Gasteiger charge is -2.33. The fourth-order valence-corrected chi connectivity index (χ4v) is 4.14. The predicted molar refractivity (Wildman–Crippen MR) is 109 cm³/mol. The fraction of sp³-hybridized carbons (Fsp3) is 0.435. The Labute approximate surface area is 166 Å². The number of aromatic nitrogens is 1. The second-order valence-corrected chi connectivity index (χ2v) is 8.04. The number of rotatable bonds is 6. The summed E-state index contributed by atoms with van der Waals surface area (Å²) in [5.41, 5.74) is 1.39. The van der Waals surface area contributed by atoms with Crippen molar-refractivity contribution in [1.82, 2.24) is 14.8 Å². The van der Waals surface area contributed by atoms with Gasteiger partial charge in [0.05, 0.1) is 12.2 Å². The molecule has 2 aromatic heterocycles. The lowest BCUT2D eigenvalue weighted by atomic mass is 9.96. The van der Waals surface area contributed by atoms with Crippen LogP contribution in [0.1, 0.15) is 30.1 Å². The Morgan fingerprint density at radius 1 is 1.14 bits per heavy atom. The first-order valence-corrected chi connectivity index (χ1v) is 10.1. The van der Waals surface area contributed by atoms with Gasteiger partial charge in [-0.25, -0.2) is 9.37 Å². The molecule has 0 saturated carbocycles. The van der Waals surface area contributed by atoms with Gasteiger partial charge in [0.15, 0.2) is 0 Å². The average molecular weight is 381 g/mol. The highest BCUT2D eigenvalue weighted by atomic mass is 19.1. The summed E-state index contributed by atoms with van der Waals surface area (Å²) in [4.78, 5) is 9.32. The van der Waals surface area contributed by atoms with Crippen LogP contribution in [0.15, 0.2) is 46.9 Å². The van der Waals surface area contributed by atoms with E-state index < -0.39 is 0 Å². The molecule has 0 atom stereocenters. The van der Waals surface area contributed by atoms with Gasteiger partial charge in [0.2, 0.25) is 0 Å². The summed E-state index contributed by atoms with van der Waals surface area (Å²) in [5, 5.41) is 0.852. The number of hydrogen-bond donors (Lipinski definition) is 0. The summed E-state index contributed by atoms with van der Waals surface area (Å²) in [6.45, 7) is 6.91. The van der Waals surface area contributed by atoms with Crippen LogP contribution in [0, 0.1) is 18.7 Å². The summed E-state index contributed by atoms with van der Waals surface area (Å²) in [6.07, 6.45) is 2.40. The number of pyridine rings is 1. The molecule has 0 spiro atoms. The first-order chi connectivity index (χ1) is 13.6. The van der Waals surface area contributed by atoms with Gasteiger partial charge in [0, 0.05) is 18.5 Å². The molecule has 0 N–H and O–H groups in total. The molecule has 4 rings (SSSR count). The molecule has 0 radical (unpaired) electrons. The first kappa shape index (κ1) is 19.1. The van der Waals surface area contributed by atoms with Crippen molar-refractivity contribution in [2.24, 2.45) is 5.92 Å². The van der Waals surface area contributed by atoms with Gasteiger partial charge in [-0.15, -0.1) is 0 Å². The minimum atomic E-state index is -0.249. The zero-order valence-corrected chi connectivity index (χ0v) is 16.7. The molecule has 5 heteroatoms. The standard InChI is InChI=1S/C23H28FN3O/c1-17-6-9-21(28-17)16-27-12-10-18(11-13-27)14-26(2)15-20-8-7-19-4-3-5-22(24)23(19)25-20/h3-9,18H,10-16H2,1-2H3. The van der Waals surface area contributed by atoms with Crippen molar-refractivity contribution in [3.05, 3.63) is 65.5 Å². The van der Waals surface area contributed by atoms with Crippen LogP contribution in [0.5, 0.6) is 0 Å². The largest absolute Gasteiger partial charge is 0.465 e. The van der Waals surface area contributed by atoms with Crippen LogP contribution < -0.4 is 0 Å². The molecule has 148 valence electrons. The quantitative estimate of drug-likeness (QED) is 0.624. The number of furan rings is 1. The summed E-state index contributed by atoms with van der Waals surface area (Å²) in [5.74, 6) is 2.48. The summed E-state index contributed by atoms with van der Waals surface area (Å²) in [7, 11) is 2.13. The highest BCUT2D eigenvalue weighted by Crippen LogP contribution is 2.22. The molecule has 1 aliphatic rings. The highest BCUT2D eigenvalue weighted by Gasteiger charge is 2.21. The van der Waals surface area contributed by atoms with Crippen molar-refractivity contribution in [3.63, 3.8) is 0 Å². The van der Waals surface area contributed by atoms with Crippen LogP contribution >= 0.6 is 0 Å². The Bertz CT molecular complexity index is 930. The lowest BCUT2D eigenvalue weighted by Crippen LogP contribution is -2.37. The van der Waals surface area contributed by atoms with Gasteiger partial charge in [-0.05, 0) is 70.1 Å². The smallest absolute Gasteiger partial charge is 0.149 e. The number of aryl methyl sites for hydroxylation is 1. The van der Waals surface area contributed by atoms with Crippen LogP contribution in [0.2, 0.25) is 0 Å². The van der Waals surface area contributed by atoms with Crippen LogP contribution in [-0.4, -0.2) is 41.5 Å². The molecule has 0 bridgehead atoms. The van der Waals surface area contributed by atoms with Crippen molar-refractivity contribution >= 4 is 10.9 Å². The first-order valence-electron chi connectivity index (χ1n) is 10.1. The van der Waals surface area contributed by atoms with Crippen molar-refractivity contribution in [2.75, 3.05) is 26.7 Å². The van der Waals surface area contributed by atoms with E-state index in [0.717, 1.165) is 55.3 Å². The minimum absolute atomic E-state index is 0.249.